The summed E-state index contributed by atoms with van der Waals surface area (Å²) >= 11 is 3.43. The average Bonchev–Trinajstić information content (AvgIpc) is 2.83. The summed E-state index contributed by atoms with van der Waals surface area (Å²) in [5.74, 6) is -0.901. The molecule has 2 heterocycles. The fraction of sp³-hybridized carbons (Fsp3) is 0.0714. The Labute approximate surface area is 138 Å². The van der Waals surface area contributed by atoms with Crippen LogP contribution in [0.25, 0.3) is 16.9 Å². The summed E-state index contributed by atoms with van der Waals surface area (Å²) < 4.78 is 2.99. The Morgan fingerprint density at radius 3 is 2.95 bits per heavy atom. The maximum Gasteiger partial charge on any atom is 0.313 e. The van der Waals surface area contributed by atoms with Crippen LogP contribution in [0.4, 0.5) is 0 Å². The van der Waals surface area contributed by atoms with Gasteiger partial charge in [0.15, 0.2) is 10.8 Å². The van der Waals surface area contributed by atoms with Crippen molar-refractivity contribution in [3.05, 3.63) is 46.2 Å². The second-order valence-electron chi connectivity index (χ2n) is 4.24. The summed E-state index contributed by atoms with van der Waals surface area (Å²) in [6.07, 6.45) is 1.71. The maximum absolute atomic E-state index is 10.8. The van der Waals surface area contributed by atoms with Crippen LogP contribution in [0.15, 0.2) is 47.8 Å². The molecule has 0 unspecified atom stereocenters. The third kappa shape index (κ3) is 3.03. The van der Waals surface area contributed by atoms with Gasteiger partial charge in [-0.1, -0.05) is 17.8 Å². The molecule has 1 aromatic carbocycles. The molecule has 0 atom stereocenters. The molecule has 5 nitrogen and oxygen atoms in total. The molecule has 21 heavy (non-hydrogen) atoms. The van der Waals surface area contributed by atoms with Gasteiger partial charge in [-0.3, -0.25) is 9.36 Å². The minimum absolute atomic E-state index is 0.0345. The summed E-state index contributed by atoms with van der Waals surface area (Å²) in [6, 6.07) is 11.6. The van der Waals surface area contributed by atoms with Gasteiger partial charge in [0.1, 0.15) is 5.52 Å². The zero-order valence-electron chi connectivity index (χ0n) is 10.7. The number of carbonyl (C=O) groups is 1. The number of fused-ring (bicyclic) bond motifs is 1. The van der Waals surface area contributed by atoms with E-state index in [0.717, 1.165) is 20.4 Å². The van der Waals surface area contributed by atoms with Gasteiger partial charge in [0.25, 0.3) is 0 Å². The minimum atomic E-state index is -0.866. The van der Waals surface area contributed by atoms with Crippen LogP contribution < -0.4 is 0 Å². The number of hydrogen-bond acceptors (Lipinski definition) is 4. The largest absolute Gasteiger partial charge is 0.481 e. The molecule has 0 radical (unpaired) electrons. The number of halogens is 1. The Kier molecular flexibility index (Phi) is 4.11. The number of thioether (sulfide) groups is 1. The van der Waals surface area contributed by atoms with Gasteiger partial charge in [-0.25, -0.2) is 9.97 Å². The van der Waals surface area contributed by atoms with Gasteiger partial charge in [0, 0.05) is 9.77 Å². The topological polar surface area (TPSA) is 68.0 Å². The standard InChI is InChI=1S/C14H10IN3O2S/c15-9-3-1-4-10(7-9)18-13-11(5-2-6-16-13)17-14(18)21-8-12(19)20/h1-7H,8H2,(H,19,20). The van der Waals surface area contributed by atoms with Crippen molar-refractivity contribution in [2.24, 2.45) is 0 Å². The first-order chi connectivity index (χ1) is 10.1. The molecule has 0 saturated carbocycles. The highest BCUT2D eigenvalue weighted by Crippen LogP contribution is 2.27. The van der Waals surface area contributed by atoms with Crippen molar-refractivity contribution in [3.63, 3.8) is 0 Å². The molecule has 0 aliphatic carbocycles. The SMILES string of the molecule is O=C(O)CSc1nc2cccnc2n1-c1cccc(I)c1. The number of imidazole rings is 1. The molecule has 1 N–H and O–H groups in total. The van der Waals surface area contributed by atoms with Crippen LogP contribution in [0.5, 0.6) is 0 Å². The first kappa shape index (κ1) is 14.3. The predicted octanol–water partition coefficient (Wildman–Crippen LogP) is 3.20. The number of nitrogens with zero attached hydrogens (tertiary/aromatic N) is 3. The van der Waals surface area contributed by atoms with Gasteiger partial charge < -0.3 is 5.11 Å². The van der Waals surface area contributed by atoms with Crippen LogP contribution in [-0.4, -0.2) is 31.4 Å². The smallest absolute Gasteiger partial charge is 0.313 e. The third-order valence-electron chi connectivity index (χ3n) is 2.78. The molecule has 2 aromatic heterocycles. The molecule has 3 rings (SSSR count). The highest BCUT2D eigenvalue weighted by Gasteiger charge is 2.15. The van der Waals surface area contributed by atoms with Crippen molar-refractivity contribution in [2.75, 3.05) is 5.75 Å². The molecule has 0 bridgehead atoms. The van der Waals surface area contributed by atoms with Crippen LogP contribution in [0, 0.1) is 3.57 Å². The van der Waals surface area contributed by atoms with Crippen LogP contribution >= 0.6 is 34.4 Å². The monoisotopic (exact) mass is 411 g/mol. The molecule has 0 saturated heterocycles. The van der Waals surface area contributed by atoms with Crippen LogP contribution in [0.3, 0.4) is 0 Å². The fourth-order valence-corrected chi connectivity index (χ4v) is 3.23. The van der Waals surface area contributed by atoms with Crippen molar-refractivity contribution in [1.29, 1.82) is 0 Å². The highest BCUT2D eigenvalue weighted by atomic mass is 127. The second kappa shape index (κ2) is 6.02. The molecular weight excluding hydrogens is 401 g/mol. The zero-order valence-corrected chi connectivity index (χ0v) is 13.7. The number of carboxylic acid groups (broad SMARTS) is 1. The van der Waals surface area contributed by atoms with Crippen molar-refractivity contribution in [3.8, 4) is 5.69 Å². The van der Waals surface area contributed by atoms with E-state index in [4.69, 9.17) is 5.11 Å². The summed E-state index contributed by atoms with van der Waals surface area (Å²) in [4.78, 5) is 19.7. The Balaban J connectivity index is 2.17. The lowest BCUT2D eigenvalue weighted by Crippen LogP contribution is -2.02. The number of pyridine rings is 1. The molecule has 0 fully saturated rings. The number of aliphatic carboxylic acids is 1. The Morgan fingerprint density at radius 1 is 1.33 bits per heavy atom. The number of carboxylic acids is 1. The summed E-state index contributed by atoms with van der Waals surface area (Å²) in [6.45, 7) is 0. The first-order valence-electron chi connectivity index (χ1n) is 6.09. The Hall–Kier alpha value is -1.61. The zero-order chi connectivity index (χ0) is 14.8. The van der Waals surface area contributed by atoms with Gasteiger partial charge in [-0.15, -0.1) is 0 Å². The highest BCUT2D eigenvalue weighted by molar-refractivity contribution is 14.1. The van der Waals surface area contributed by atoms with Gasteiger partial charge >= 0.3 is 5.97 Å². The van der Waals surface area contributed by atoms with E-state index >= 15 is 0 Å². The van der Waals surface area contributed by atoms with Crippen LogP contribution in [0.2, 0.25) is 0 Å². The van der Waals surface area contributed by atoms with Gasteiger partial charge in [0.2, 0.25) is 0 Å². The van der Waals surface area contributed by atoms with Crippen molar-refractivity contribution in [1.82, 2.24) is 14.5 Å². The molecule has 7 heteroatoms. The molecule has 3 aromatic rings. The van der Waals surface area contributed by atoms with Crippen molar-refractivity contribution in [2.45, 2.75) is 5.16 Å². The minimum Gasteiger partial charge on any atom is -0.481 e. The van der Waals surface area contributed by atoms with E-state index in [1.54, 1.807) is 6.20 Å². The van der Waals surface area contributed by atoms with E-state index in [1.807, 2.05) is 41.0 Å². The van der Waals surface area contributed by atoms with E-state index < -0.39 is 5.97 Å². The van der Waals surface area contributed by atoms with Crippen LogP contribution in [0.1, 0.15) is 0 Å². The molecule has 0 spiro atoms. The summed E-state index contributed by atoms with van der Waals surface area (Å²) in [5, 5.41) is 9.51. The number of hydrogen-bond donors (Lipinski definition) is 1. The lowest BCUT2D eigenvalue weighted by molar-refractivity contribution is -0.133. The summed E-state index contributed by atoms with van der Waals surface area (Å²) in [7, 11) is 0. The van der Waals surface area contributed by atoms with Gasteiger partial charge in [-0.2, -0.15) is 0 Å². The second-order valence-corrected chi connectivity index (χ2v) is 6.43. The lowest BCUT2D eigenvalue weighted by atomic mass is 10.3. The first-order valence-corrected chi connectivity index (χ1v) is 8.15. The van der Waals surface area contributed by atoms with Crippen molar-refractivity contribution >= 4 is 51.5 Å². The molecule has 106 valence electrons. The normalized spacial score (nSPS) is 10.9. The summed E-state index contributed by atoms with van der Waals surface area (Å²) in [5.41, 5.74) is 2.41. The number of rotatable bonds is 4. The van der Waals surface area contributed by atoms with E-state index in [2.05, 4.69) is 32.6 Å². The van der Waals surface area contributed by atoms with Crippen LogP contribution in [-0.2, 0) is 4.79 Å². The molecular formula is C14H10IN3O2S. The van der Waals surface area contributed by atoms with Gasteiger partial charge in [-0.05, 0) is 52.9 Å². The Bertz CT molecular complexity index is 819. The van der Waals surface area contributed by atoms with E-state index in [1.165, 1.54) is 11.8 Å². The molecule has 0 aliphatic rings. The number of aromatic nitrogens is 3. The fourth-order valence-electron chi connectivity index (χ4n) is 1.96. The predicted molar refractivity (Wildman–Crippen MR) is 89.9 cm³/mol. The lowest BCUT2D eigenvalue weighted by Gasteiger charge is -2.08. The van der Waals surface area contributed by atoms with Gasteiger partial charge in [0.05, 0.1) is 11.4 Å². The number of benzene rings is 1. The maximum atomic E-state index is 10.8. The van der Waals surface area contributed by atoms with E-state index in [9.17, 15) is 4.79 Å². The Morgan fingerprint density at radius 2 is 2.19 bits per heavy atom. The van der Waals surface area contributed by atoms with E-state index in [0.29, 0.717) is 5.16 Å². The quantitative estimate of drug-likeness (QED) is 0.528. The average molecular weight is 411 g/mol. The molecule has 0 amide bonds. The van der Waals surface area contributed by atoms with Crippen molar-refractivity contribution < 1.29 is 9.90 Å². The third-order valence-corrected chi connectivity index (χ3v) is 4.37. The molecule has 0 aliphatic heterocycles. The van der Waals surface area contributed by atoms with E-state index in [-0.39, 0.29) is 5.75 Å².